The van der Waals surface area contributed by atoms with Crippen LogP contribution in [0.2, 0.25) is 0 Å². The van der Waals surface area contributed by atoms with E-state index in [9.17, 15) is 19.2 Å². The predicted molar refractivity (Wildman–Crippen MR) is 196 cm³/mol. The first-order valence-corrected chi connectivity index (χ1v) is 19.5. The van der Waals surface area contributed by atoms with Crippen LogP contribution in [-0.4, -0.2) is 76.2 Å². The standard InChI is InChI=1S/C36H32N4O8S4/c41-29-17-45-33-21-5-1-6-22(33)50-24-8-3-10-26-35(24)47-19-31(43)39-16-15-38-30(42)18-46-34-23(49-21)7-2-9-25(34)51-27-11-4-12-28(52-26)36(27)48-20-32(44)40-14-13-37-29/h1-12H,13-20H2,(H,37,41)(H,38,42)(H,39,43)(H,40,44). The maximum absolute atomic E-state index is 13.0. The number of benzene rings is 4. The van der Waals surface area contributed by atoms with Crippen LogP contribution >= 0.6 is 47.0 Å². The molecule has 4 aliphatic rings. The molecule has 0 fully saturated rings. The van der Waals surface area contributed by atoms with E-state index in [1.54, 1.807) is 0 Å². The van der Waals surface area contributed by atoms with Gasteiger partial charge in [0.2, 0.25) is 0 Å². The van der Waals surface area contributed by atoms with Crippen molar-refractivity contribution in [3.8, 4) is 23.0 Å². The van der Waals surface area contributed by atoms with Crippen molar-refractivity contribution in [2.24, 2.45) is 0 Å². The van der Waals surface area contributed by atoms with Gasteiger partial charge >= 0.3 is 0 Å². The quantitative estimate of drug-likeness (QED) is 0.163. The molecule has 12 nitrogen and oxygen atoms in total. The number of hydrogen-bond acceptors (Lipinski definition) is 12. The molecule has 0 unspecified atom stereocenters. The molecule has 268 valence electrons. The molecule has 0 aliphatic carbocycles. The zero-order valence-electron chi connectivity index (χ0n) is 27.5. The Hall–Kier alpha value is -4.64. The van der Waals surface area contributed by atoms with Crippen molar-refractivity contribution < 1.29 is 38.1 Å². The molecule has 4 aromatic rings. The number of carbonyl (C=O) groups is 4. The highest BCUT2D eigenvalue weighted by molar-refractivity contribution is 8.01. The number of fused-ring (bicyclic) bond motifs is 9. The van der Waals surface area contributed by atoms with E-state index >= 15 is 0 Å². The Labute approximate surface area is 316 Å². The molecule has 0 saturated carbocycles. The summed E-state index contributed by atoms with van der Waals surface area (Å²) < 4.78 is 25.2. The summed E-state index contributed by atoms with van der Waals surface area (Å²) in [7, 11) is 0. The third-order valence-electron chi connectivity index (χ3n) is 7.58. The minimum Gasteiger partial charge on any atom is -0.481 e. The summed E-state index contributed by atoms with van der Waals surface area (Å²) >= 11 is 5.51. The van der Waals surface area contributed by atoms with Gasteiger partial charge in [0.25, 0.3) is 23.6 Å². The normalized spacial score (nSPS) is 16.9. The van der Waals surface area contributed by atoms with Crippen molar-refractivity contribution in [1.29, 1.82) is 0 Å². The highest BCUT2D eigenvalue weighted by Crippen LogP contribution is 2.53. The van der Waals surface area contributed by atoms with Crippen molar-refractivity contribution in [3.63, 3.8) is 0 Å². The number of carbonyl (C=O) groups excluding carboxylic acids is 4. The van der Waals surface area contributed by atoms with Crippen LogP contribution in [0.25, 0.3) is 0 Å². The van der Waals surface area contributed by atoms with Crippen molar-refractivity contribution in [2.45, 2.75) is 39.2 Å². The molecule has 52 heavy (non-hydrogen) atoms. The maximum atomic E-state index is 13.0. The lowest BCUT2D eigenvalue weighted by atomic mass is 10.3. The van der Waals surface area contributed by atoms with E-state index in [4.69, 9.17) is 18.9 Å². The summed E-state index contributed by atoms with van der Waals surface area (Å²) in [6.45, 7) is -0.397. The minimum atomic E-state index is -0.372. The van der Waals surface area contributed by atoms with E-state index in [0.717, 1.165) is 0 Å². The monoisotopic (exact) mass is 776 g/mol. The van der Waals surface area contributed by atoms with Gasteiger partial charge in [-0.15, -0.1) is 0 Å². The summed E-state index contributed by atoms with van der Waals surface area (Å²) in [5, 5.41) is 11.2. The van der Waals surface area contributed by atoms with Crippen molar-refractivity contribution >= 4 is 70.7 Å². The molecule has 12 bridgehead atoms. The van der Waals surface area contributed by atoms with Crippen LogP contribution in [0.15, 0.2) is 112 Å². The molecule has 0 spiro atoms. The molecule has 16 heteroatoms. The van der Waals surface area contributed by atoms with E-state index in [1.807, 2.05) is 72.8 Å². The van der Waals surface area contributed by atoms with Crippen LogP contribution in [0.4, 0.5) is 0 Å². The summed E-state index contributed by atoms with van der Waals surface area (Å²) in [4.78, 5) is 57.5. The average molecular weight is 777 g/mol. The van der Waals surface area contributed by atoms with Crippen molar-refractivity contribution in [2.75, 3.05) is 52.6 Å². The first-order valence-electron chi connectivity index (χ1n) is 16.2. The van der Waals surface area contributed by atoms with Gasteiger partial charge in [0.05, 0.1) is 39.2 Å². The molecular weight excluding hydrogens is 745 g/mol. The van der Waals surface area contributed by atoms with Crippen LogP contribution in [0.5, 0.6) is 23.0 Å². The fourth-order valence-corrected chi connectivity index (χ4v) is 9.70. The molecule has 4 amide bonds. The molecule has 0 radical (unpaired) electrons. The smallest absolute Gasteiger partial charge is 0.258 e. The largest absolute Gasteiger partial charge is 0.481 e. The zero-order valence-corrected chi connectivity index (χ0v) is 30.8. The first-order chi connectivity index (χ1) is 25.4. The summed E-state index contributed by atoms with van der Waals surface area (Å²) in [5.41, 5.74) is 0. The number of para-hydroxylation sites is 4. The number of nitrogens with one attached hydrogen (secondary N) is 4. The number of amides is 4. The summed E-state index contributed by atoms with van der Waals surface area (Å²) in [6, 6.07) is 22.7. The maximum Gasteiger partial charge on any atom is 0.258 e. The van der Waals surface area contributed by atoms with Crippen LogP contribution < -0.4 is 40.2 Å². The second-order valence-corrected chi connectivity index (χ2v) is 15.6. The van der Waals surface area contributed by atoms with Gasteiger partial charge in [0, 0.05) is 26.2 Å². The van der Waals surface area contributed by atoms with Gasteiger partial charge in [0.1, 0.15) is 23.0 Å². The second-order valence-electron chi connectivity index (χ2n) is 11.3. The third kappa shape index (κ3) is 8.69. The highest BCUT2D eigenvalue weighted by atomic mass is 32.2. The van der Waals surface area contributed by atoms with Gasteiger partial charge in [0.15, 0.2) is 26.4 Å². The molecule has 8 rings (SSSR count). The molecule has 4 heterocycles. The van der Waals surface area contributed by atoms with Gasteiger partial charge in [-0.05, 0) is 48.5 Å². The fourth-order valence-electron chi connectivity index (χ4n) is 5.23. The van der Waals surface area contributed by atoms with Crippen LogP contribution in [0.3, 0.4) is 0 Å². The average Bonchev–Trinajstić information content (AvgIpc) is 3.13. The molecule has 0 atom stereocenters. The molecule has 0 saturated heterocycles. The van der Waals surface area contributed by atoms with E-state index in [0.29, 0.717) is 62.2 Å². The summed E-state index contributed by atoms with van der Waals surface area (Å²) in [6.07, 6.45) is 0. The Balaban J connectivity index is 1.48. The first kappa shape index (κ1) is 35.7. The van der Waals surface area contributed by atoms with E-state index < -0.39 is 0 Å². The lowest BCUT2D eigenvalue weighted by Crippen LogP contribution is -2.38. The minimum absolute atomic E-state index is 0.194. The topological polar surface area (TPSA) is 153 Å². The Morgan fingerprint density at radius 3 is 0.731 bits per heavy atom. The van der Waals surface area contributed by atoms with Gasteiger partial charge < -0.3 is 40.2 Å². The van der Waals surface area contributed by atoms with Gasteiger partial charge in [-0.2, -0.15) is 0 Å². The molecule has 4 aromatic carbocycles. The van der Waals surface area contributed by atoms with Crippen molar-refractivity contribution in [3.05, 3.63) is 72.8 Å². The Bertz CT molecular complexity index is 1660. The lowest BCUT2D eigenvalue weighted by molar-refractivity contribution is -0.124. The lowest BCUT2D eigenvalue weighted by Gasteiger charge is -2.21. The molecule has 4 aliphatic heterocycles. The van der Waals surface area contributed by atoms with E-state index in [1.165, 1.54) is 47.0 Å². The number of ether oxygens (including phenoxy) is 4. The Kier molecular flexibility index (Phi) is 11.5. The summed E-state index contributed by atoms with van der Waals surface area (Å²) in [5.74, 6) is 0.320. The third-order valence-corrected chi connectivity index (χ3v) is 11.9. The van der Waals surface area contributed by atoms with Crippen LogP contribution in [0, 0.1) is 0 Å². The molecule has 0 aromatic heterocycles. The number of rotatable bonds is 0. The predicted octanol–water partition coefficient (Wildman–Crippen LogP) is 4.61. The Morgan fingerprint density at radius 2 is 0.538 bits per heavy atom. The van der Waals surface area contributed by atoms with Gasteiger partial charge in [-0.3, -0.25) is 19.2 Å². The SMILES string of the molecule is O=C1COc2c3cccc2Sc2cccc4c2OCC(=O)NCCNC(=O)COc2c(cccc2Sc2cccc(c2OCC(=O)NCCN1)S4)S3. The molecular formula is C36H32N4O8S4. The van der Waals surface area contributed by atoms with Crippen LogP contribution in [-0.2, 0) is 19.2 Å². The Morgan fingerprint density at radius 1 is 0.346 bits per heavy atom. The van der Waals surface area contributed by atoms with Gasteiger partial charge in [-0.1, -0.05) is 71.3 Å². The van der Waals surface area contributed by atoms with Crippen LogP contribution in [0.1, 0.15) is 0 Å². The number of hydrogen-bond donors (Lipinski definition) is 4. The van der Waals surface area contributed by atoms with Gasteiger partial charge in [-0.25, -0.2) is 0 Å². The highest BCUT2D eigenvalue weighted by Gasteiger charge is 2.25. The fraction of sp³-hybridized carbons (Fsp3) is 0.222. The second kappa shape index (κ2) is 16.8. The van der Waals surface area contributed by atoms with Crippen molar-refractivity contribution in [1.82, 2.24) is 21.3 Å². The molecule has 4 N–H and O–H groups in total. The zero-order chi connectivity index (χ0) is 35.9. The van der Waals surface area contributed by atoms with E-state index in [-0.39, 0.29) is 76.2 Å². The van der Waals surface area contributed by atoms with E-state index in [2.05, 4.69) is 21.3 Å².